The monoisotopic (exact) mass is 359 g/mol. The SMILES string of the molecule is CCCCOc1ccc(S(=O)(=O)N2CC(S)CC2C(=O)O)cc1. The van der Waals surface area contributed by atoms with E-state index >= 15 is 0 Å². The number of thiol groups is 1. The number of rotatable bonds is 7. The van der Waals surface area contributed by atoms with E-state index in [1.54, 1.807) is 12.1 Å². The summed E-state index contributed by atoms with van der Waals surface area (Å²) in [7, 11) is -3.86. The molecule has 128 valence electrons. The van der Waals surface area contributed by atoms with Crippen molar-refractivity contribution in [1.82, 2.24) is 4.31 Å². The van der Waals surface area contributed by atoms with Crippen LogP contribution in [0.4, 0.5) is 0 Å². The topological polar surface area (TPSA) is 83.9 Å². The Morgan fingerprint density at radius 3 is 2.61 bits per heavy atom. The van der Waals surface area contributed by atoms with Crippen LogP contribution in [0.1, 0.15) is 26.2 Å². The van der Waals surface area contributed by atoms with E-state index in [2.05, 4.69) is 19.6 Å². The summed E-state index contributed by atoms with van der Waals surface area (Å²) >= 11 is 4.22. The summed E-state index contributed by atoms with van der Waals surface area (Å²) in [6, 6.07) is 5.00. The van der Waals surface area contributed by atoms with Crippen molar-refractivity contribution in [2.75, 3.05) is 13.2 Å². The summed E-state index contributed by atoms with van der Waals surface area (Å²) in [5.74, 6) is -0.551. The van der Waals surface area contributed by atoms with Crippen LogP contribution in [0.2, 0.25) is 0 Å². The van der Waals surface area contributed by atoms with Crippen LogP contribution in [0, 0.1) is 0 Å². The maximum absolute atomic E-state index is 12.7. The summed E-state index contributed by atoms with van der Waals surface area (Å²) in [5, 5.41) is 8.94. The van der Waals surface area contributed by atoms with Crippen LogP contribution in [0.5, 0.6) is 5.75 Å². The lowest BCUT2D eigenvalue weighted by atomic mass is 10.2. The molecule has 0 bridgehead atoms. The molecule has 2 rings (SSSR count). The molecular weight excluding hydrogens is 338 g/mol. The van der Waals surface area contributed by atoms with Gasteiger partial charge >= 0.3 is 5.97 Å². The Kier molecular flexibility index (Phi) is 5.94. The number of hydrogen-bond donors (Lipinski definition) is 2. The first-order valence-electron chi connectivity index (χ1n) is 7.52. The third kappa shape index (κ3) is 4.19. The van der Waals surface area contributed by atoms with E-state index in [1.165, 1.54) is 12.1 Å². The molecule has 0 amide bonds. The molecule has 1 aromatic carbocycles. The van der Waals surface area contributed by atoms with E-state index in [9.17, 15) is 18.3 Å². The summed E-state index contributed by atoms with van der Waals surface area (Å²) < 4.78 is 31.8. The third-order valence-corrected chi connectivity index (χ3v) is 5.98. The van der Waals surface area contributed by atoms with Gasteiger partial charge in [0.15, 0.2) is 0 Å². The van der Waals surface area contributed by atoms with Gasteiger partial charge in [0.2, 0.25) is 10.0 Å². The number of carboxylic acid groups (broad SMARTS) is 1. The molecule has 2 atom stereocenters. The number of nitrogens with zero attached hydrogens (tertiary/aromatic N) is 1. The van der Waals surface area contributed by atoms with Crippen molar-refractivity contribution in [2.24, 2.45) is 0 Å². The predicted octanol–water partition coefficient (Wildman–Crippen LogP) is 2.01. The largest absolute Gasteiger partial charge is 0.494 e. The van der Waals surface area contributed by atoms with Crippen LogP contribution in [-0.4, -0.2) is 48.2 Å². The number of sulfonamides is 1. The first kappa shape index (κ1) is 18.1. The molecular formula is C15H21NO5S2. The van der Waals surface area contributed by atoms with E-state index in [0.717, 1.165) is 17.1 Å². The Labute approximate surface area is 141 Å². The highest BCUT2D eigenvalue weighted by molar-refractivity contribution is 7.89. The number of benzene rings is 1. The Morgan fingerprint density at radius 1 is 1.39 bits per heavy atom. The Morgan fingerprint density at radius 2 is 2.04 bits per heavy atom. The fourth-order valence-corrected chi connectivity index (χ4v) is 4.58. The number of carbonyl (C=O) groups is 1. The van der Waals surface area contributed by atoms with E-state index in [-0.39, 0.29) is 23.1 Å². The lowest BCUT2D eigenvalue weighted by molar-refractivity contribution is -0.140. The Bertz CT molecular complexity index is 644. The minimum atomic E-state index is -3.86. The van der Waals surface area contributed by atoms with Crippen molar-refractivity contribution in [2.45, 2.75) is 42.4 Å². The van der Waals surface area contributed by atoms with Crippen molar-refractivity contribution in [3.8, 4) is 5.75 Å². The van der Waals surface area contributed by atoms with E-state index in [4.69, 9.17) is 4.74 Å². The summed E-state index contributed by atoms with van der Waals surface area (Å²) in [4.78, 5) is 11.3. The first-order chi connectivity index (χ1) is 10.9. The molecule has 8 heteroatoms. The van der Waals surface area contributed by atoms with E-state index < -0.39 is 22.0 Å². The number of ether oxygens (including phenoxy) is 1. The Balaban J connectivity index is 2.17. The van der Waals surface area contributed by atoms with Gasteiger partial charge in [-0.3, -0.25) is 4.79 Å². The van der Waals surface area contributed by atoms with Crippen LogP contribution in [0.3, 0.4) is 0 Å². The van der Waals surface area contributed by atoms with Crippen LogP contribution >= 0.6 is 12.6 Å². The molecule has 1 aliphatic heterocycles. The average molecular weight is 359 g/mol. The molecule has 1 N–H and O–H groups in total. The highest BCUT2D eigenvalue weighted by Crippen LogP contribution is 2.29. The molecule has 1 aromatic rings. The Hall–Kier alpha value is -1.25. The second-order valence-electron chi connectivity index (χ2n) is 5.49. The van der Waals surface area contributed by atoms with Gasteiger partial charge in [-0.15, -0.1) is 0 Å². The van der Waals surface area contributed by atoms with Gasteiger partial charge in [-0.25, -0.2) is 8.42 Å². The normalized spacial score (nSPS) is 22.2. The minimum absolute atomic E-state index is 0.0639. The van der Waals surface area contributed by atoms with Gasteiger partial charge in [0.1, 0.15) is 11.8 Å². The van der Waals surface area contributed by atoms with Crippen LogP contribution in [0.25, 0.3) is 0 Å². The van der Waals surface area contributed by atoms with Crippen molar-refractivity contribution in [1.29, 1.82) is 0 Å². The zero-order valence-electron chi connectivity index (χ0n) is 12.9. The maximum atomic E-state index is 12.7. The summed E-state index contributed by atoms with van der Waals surface area (Å²) in [6.45, 7) is 2.73. The van der Waals surface area contributed by atoms with Crippen molar-refractivity contribution in [3.63, 3.8) is 0 Å². The fraction of sp³-hybridized carbons (Fsp3) is 0.533. The molecule has 1 saturated heterocycles. The van der Waals surface area contributed by atoms with Gasteiger partial charge in [-0.05, 0) is 37.1 Å². The lowest BCUT2D eigenvalue weighted by Gasteiger charge is -2.21. The van der Waals surface area contributed by atoms with Crippen LogP contribution < -0.4 is 4.74 Å². The third-order valence-electron chi connectivity index (χ3n) is 3.72. The second-order valence-corrected chi connectivity index (χ2v) is 8.11. The quantitative estimate of drug-likeness (QED) is 0.575. The average Bonchev–Trinajstić information content (AvgIpc) is 2.91. The maximum Gasteiger partial charge on any atom is 0.322 e. The van der Waals surface area contributed by atoms with Gasteiger partial charge in [0.05, 0.1) is 11.5 Å². The van der Waals surface area contributed by atoms with Gasteiger partial charge < -0.3 is 9.84 Å². The molecule has 0 saturated carbocycles. The number of carboxylic acids is 1. The minimum Gasteiger partial charge on any atom is -0.494 e. The highest BCUT2D eigenvalue weighted by Gasteiger charge is 2.42. The van der Waals surface area contributed by atoms with E-state index in [1.807, 2.05) is 0 Å². The molecule has 0 aromatic heterocycles. The van der Waals surface area contributed by atoms with Crippen molar-refractivity contribution < 1.29 is 23.1 Å². The fourth-order valence-electron chi connectivity index (χ4n) is 2.45. The smallest absolute Gasteiger partial charge is 0.322 e. The van der Waals surface area contributed by atoms with Crippen LogP contribution in [-0.2, 0) is 14.8 Å². The summed E-state index contributed by atoms with van der Waals surface area (Å²) in [5.41, 5.74) is 0. The van der Waals surface area contributed by atoms with Gasteiger partial charge in [-0.1, -0.05) is 13.3 Å². The highest BCUT2D eigenvalue weighted by atomic mass is 32.2. The zero-order valence-corrected chi connectivity index (χ0v) is 14.6. The molecule has 0 radical (unpaired) electrons. The zero-order chi connectivity index (χ0) is 17.0. The molecule has 23 heavy (non-hydrogen) atoms. The lowest BCUT2D eigenvalue weighted by Crippen LogP contribution is -2.40. The van der Waals surface area contributed by atoms with Gasteiger partial charge in [0.25, 0.3) is 0 Å². The summed E-state index contributed by atoms with van der Waals surface area (Å²) in [6.07, 6.45) is 2.15. The number of unbranched alkanes of at least 4 members (excludes halogenated alkanes) is 1. The molecule has 0 aliphatic carbocycles. The molecule has 2 unspecified atom stereocenters. The molecule has 1 fully saturated rings. The number of aliphatic carboxylic acids is 1. The second kappa shape index (κ2) is 7.55. The molecule has 0 spiro atoms. The molecule has 6 nitrogen and oxygen atoms in total. The predicted molar refractivity (Wildman–Crippen MR) is 89.6 cm³/mol. The number of hydrogen-bond acceptors (Lipinski definition) is 5. The molecule has 1 aliphatic rings. The van der Waals surface area contributed by atoms with Crippen molar-refractivity contribution in [3.05, 3.63) is 24.3 Å². The van der Waals surface area contributed by atoms with Crippen LogP contribution in [0.15, 0.2) is 29.2 Å². The first-order valence-corrected chi connectivity index (χ1v) is 9.47. The van der Waals surface area contributed by atoms with Crippen molar-refractivity contribution >= 4 is 28.6 Å². The van der Waals surface area contributed by atoms with E-state index in [0.29, 0.717) is 12.4 Å². The van der Waals surface area contributed by atoms with Gasteiger partial charge in [-0.2, -0.15) is 16.9 Å². The standard InChI is InChI=1S/C15H21NO5S2/c1-2-3-8-21-11-4-6-13(7-5-11)23(19,20)16-10-12(22)9-14(16)15(17)18/h4-7,12,14,22H,2-3,8-10H2,1H3,(H,17,18). The molecule has 1 heterocycles. The van der Waals surface area contributed by atoms with Gasteiger partial charge in [0, 0.05) is 11.8 Å².